The van der Waals surface area contributed by atoms with Crippen molar-refractivity contribution in [2.45, 2.75) is 13.1 Å². The molecule has 25 heavy (non-hydrogen) atoms. The van der Waals surface area contributed by atoms with E-state index in [2.05, 4.69) is 9.97 Å². The highest BCUT2D eigenvalue weighted by molar-refractivity contribution is 6.01. The molecule has 126 valence electrons. The first-order chi connectivity index (χ1) is 12.1. The van der Waals surface area contributed by atoms with E-state index in [0.29, 0.717) is 35.6 Å². The number of hydrogen-bond acceptors (Lipinski definition) is 4. The van der Waals surface area contributed by atoms with Crippen LogP contribution in [0.25, 0.3) is 22.1 Å². The van der Waals surface area contributed by atoms with Crippen LogP contribution in [0.3, 0.4) is 0 Å². The minimum atomic E-state index is -0.310. The molecule has 0 spiro atoms. The van der Waals surface area contributed by atoms with Crippen LogP contribution < -0.4 is 5.56 Å². The Hall–Kier alpha value is -2.99. The van der Waals surface area contributed by atoms with Crippen molar-refractivity contribution in [1.82, 2.24) is 14.9 Å². The van der Waals surface area contributed by atoms with Crippen molar-refractivity contribution in [3.63, 3.8) is 0 Å². The molecule has 4 aromatic rings. The van der Waals surface area contributed by atoms with Gasteiger partial charge in [0.1, 0.15) is 22.7 Å². The van der Waals surface area contributed by atoms with Crippen molar-refractivity contribution in [3.05, 3.63) is 76.1 Å². The molecule has 0 amide bonds. The van der Waals surface area contributed by atoms with E-state index in [0.717, 1.165) is 5.39 Å². The van der Waals surface area contributed by atoms with Gasteiger partial charge in [0.2, 0.25) is 5.58 Å². The first kappa shape index (κ1) is 15.5. The van der Waals surface area contributed by atoms with Gasteiger partial charge >= 0.3 is 0 Å². The highest BCUT2D eigenvalue weighted by Crippen LogP contribution is 2.24. The Labute approximate surface area is 142 Å². The smallest absolute Gasteiger partial charge is 0.294 e. The summed E-state index contributed by atoms with van der Waals surface area (Å²) in [5, 5.41) is 0.807. The standard InChI is InChI=1S/C19H16FN3O2/c1-23(10-12-6-2-4-8-14(12)20)11-16-21-17-13-7-3-5-9-15(13)25-18(17)19(24)22-16/h2-9H,10-11H2,1H3,(H,21,22,24). The summed E-state index contributed by atoms with van der Waals surface area (Å²) in [6.45, 7) is 0.805. The summed E-state index contributed by atoms with van der Waals surface area (Å²) in [6.07, 6.45) is 0. The van der Waals surface area contributed by atoms with E-state index >= 15 is 0 Å². The molecule has 6 heteroatoms. The molecule has 5 nitrogen and oxygen atoms in total. The average molecular weight is 337 g/mol. The van der Waals surface area contributed by atoms with Gasteiger partial charge in [-0.15, -0.1) is 0 Å². The third kappa shape index (κ3) is 2.92. The predicted molar refractivity (Wildman–Crippen MR) is 93.7 cm³/mol. The van der Waals surface area contributed by atoms with Crippen molar-refractivity contribution < 1.29 is 8.81 Å². The van der Waals surface area contributed by atoms with Gasteiger partial charge in [-0.1, -0.05) is 30.3 Å². The van der Waals surface area contributed by atoms with E-state index in [1.807, 2.05) is 30.1 Å². The van der Waals surface area contributed by atoms with Crippen LogP contribution in [-0.4, -0.2) is 21.9 Å². The summed E-state index contributed by atoms with van der Waals surface area (Å²) in [5.41, 5.74) is 1.69. The summed E-state index contributed by atoms with van der Waals surface area (Å²) < 4.78 is 19.4. The number of aromatic nitrogens is 2. The second-order valence-corrected chi connectivity index (χ2v) is 6.05. The van der Waals surface area contributed by atoms with Gasteiger partial charge in [-0.25, -0.2) is 9.37 Å². The Morgan fingerprint density at radius 3 is 2.72 bits per heavy atom. The number of halogens is 1. The Balaban J connectivity index is 1.66. The van der Waals surface area contributed by atoms with Crippen molar-refractivity contribution in [2.24, 2.45) is 0 Å². The molecule has 0 atom stereocenters. The van der Waals surface area contributed by atoms with Gasteiger partial charge in [-0.3, -0.25) is 9.69 Å². The zero-order valence-corrected chi connectivity index (χ0v) is 13.6. The minimum Gasteiger partial charge on any atom is -0.449 e. The average Bonchev–Trinajstić information content (AvgIpc) is 2.96. The number of H-pyrrole nitrogens is 1. The van der Waals surface area contributed by atoms with E-state index in [-0.39, 0.29) is 17.0 Å². The summed E-state index contributed by atoms with van der Waals surface area (Å²) in [6, 6.07) is 14.1. The number of rotatable bonds is 4. The number of nitrogens with one attached hydrogen (secondary N) is 1. The Morgan fingerprint density at radius 1 is 1.12 bits per heavy atom. The zero-order chi connectivity index (χ0) is 17.4. The maximum atomic E-state index is 13.8. The summed E-state index contributed by atoms with van der Waals surface area (Å²) in [4.78, 5) is 21.5. The van der Waals surface area contributed by atoms with Crippen LogP contribution in [0.5, 0.6) is 0 Å². The molecule has 0 saturated heterocycles. The van der Waals surface area contributed by atoms with Gasteiger partial charge in [-0.2, -0.15) is 0 Å². The molecule has 4 rings (SSSR count). The summed E-state index contributed by atoms with van der Waals surface area (Å²) in [7, 11) is 1.85. The molecule has 2 aromatic carbocycles. The van der Waals surface area contributed by atoms with E-state index < -0.39 is 0 Å². The van der Waals surface area contributed by atoms with Crippen molar-refractivity contribution in [1.29, 1.82) is 0 Å². The molecule has 0 saturated carbocycles. The molecule has 0 bridgehead atoms. The fourth-order valence-corrected chi connectivity index (χ4v) is 2.95. The number of para-hydroxylation sites is 1. The van der Waals surface area contributed by atoms with E-state index in [1.165, 1.54) is 6.07 Å². The third-order valence-corrected chi connectivity index (χ3v) is 4.10. The quantitative estimate of drug-likeness (QED) is 0.620. The highest BCUT2D eigenvalue weighted by atomic mass is 19.1. The van der Waals surface area contributed by atoms with Gasteiger partial charge in [0.15, 0.2) is 0 Å². The first-order valence-electron chi connectivity index (χ1n) is 7.94. The number of benzene rings is 2. The van der Waals surface area contributed by atoms with Gasteiger partial charge in [0.25, 0.3) is 5.56 Å². The molecular formula is C19H16FN3O2. The van der Waals surface area contributed by atoms with Crippen LogP contribution in [0.15, 0.2) is 57.7 Å². The molecule has 0 aliphatic heterocycles. The first-order valence-corrected chi connectivity index (χ1v) is 7.94. The van der Waals surface area contributed by atoms with Gasteiger partial charge in [0.05, 0.1) is 6.54 Å². The van der Waals surface area contributed by atoms with E-state index in [9.17, 15) is 9.18 Å². The summed E-state index contributed by atoms with van der Waals surface area (Å²) in [5.74, 6) is 0.273. The molecule has 0 unspecified atom stereocenters. The second kappa shape index (κ2) is 6.14. The lowest BCUT2D eigenvalue weighted by atomic mass is 10.2. The van der Waals surface area contributed by atoms with Crippen LogP contribution >= 0.6 is 0 Å². The minimum absolute atomic E-state index is 0.224. The van der Waals surface area contributed by atoms with Crippen LogP contribution in [-0.2, 0) is 13.1 Å². The van der Waals surface area contributed by atoms with Crippen LogP contribution in [0, 0.1) is 5.82 Å². The zero-order valence-electron chi connectivity index (χ0n) is 13.6. The molecule has 2 aromatic heterocycles. The number of furan rings is 1. The van der Waals surface area contributed by atoms with Crippen molar-refractivity contribution in [3.8, 4) is 0 Å². The van der Waals surface area contributed by atoms with Crippen LogP contribution in [0.2, 0.25) is 0 Å². The van der Waals surface area contributed by atoms with E-state index in [4.69, 9.17) is 4.42 Å². The molecule has 0 fully saturated rings. The van der Waals surface area contributed by atoms with Crippen LogP contribution in [0.1, 0.15) is 11.4 Å². The molecule has 1 N–H and O–H groups in total. The van der Waals surface area contributed by atoms with Crippen molar-refractivity contribution in [2.75, 3.05) is 7.05 Å². The number of fused-ring (bicyclic) bond motifs is 3. The lowest BCUT2D eigenvalue weighted by Crippen LogP contribution is -2.22. The number of nitrogens with zero attached hydrogens (tertiary/aromatic N) is 2. The Morgan fingerprint density at radius 2 is 1.88 bits per heavy atom. The van der Waals surface area contributed by atoms with Crippen molar-refractivity contribution >= 4 is 22.1 Å². The number of hydrogen-bond donors (Lipinski definition) is 1. The highest BCUT2D eigenvalue weighted by Gasteiger charge is 2.14. The lowest BCUT2D eigenvalue weighted by molar-refractivity contribution is 0.305. The second-order valence-electron chi connectivity index (χ2n) is 6.05. The van der Waals surface area contributed by atoms with Crippen LogP contribution in [0.4, 0.5) is 4.39 Å². The maximum Gasteiger partial charge on any atom is 0.294 e. The maximum absolute atomic E-state index is 13.8. The fourth-order valence-electron chi connectivity index (χ4n) is 2.95. The molecule has 0 aliphatic rings. The third-order valence-electron chi connectivity index (χ3n) is 4.10. The summed E-state index contributed by atoms with van der Waals surface area (Å²) >= 11 is 0. The molecule has 2 heterocycles. The van der Waals surface area contributed by atoms with E-state index in [1.54, 1.807) is 24.3 Å². The number of aromatic amines is 1. The Bertz CT molecular complexity index is 1120. The topological polar surface area (TPSA) is 62.1 Å². The van der Waals surface area contributed by atoms with Gasteiger partial charge < -0.3 is 9.40 Å². The largest absolute Gasteiger partial charge is 0.449 e. The normalized spacial score (nSPS) is 11.6. The predicted octanol–water partition coefficient (Wildman–Crippen LogP) is 3.44. The SMILES string of the molecule is CN(Cc1nc2c(oc3ccccc32)c(=O)[nH]1)Cc1ccccc1F. The van der Waals surface area contributed by atoms with Gasteiger partial charge in [0, 0.05) is 17.5 Å². The lowest BCUT2D eigenvalue weighted by Gasteiger charge is -2.16. The van der Waals surface area contributed by atoms with Gasteiger partial charge in [-0.05, 0) is 25.2 Å². The molecule has 0 radical (unpaired) electrons. The molecular weight excluding hydrogens is 321 g/mol. The monoisotopic (exact) mass is 337 g/mol. The fraction of sp³-hybridized carbons (Fsp3) is 0.158. The Kier molecular flexibility index (Phi) is 3.82. The molecule has 0 aliphatic carbocycles.